The molecule has 3 aliphatic rings. The molecule has 0 spiro atoms. The second kappa shape index (κ2) is 21.9. The van der Waals surface area contributed by atoms with E-state index in [4.69, 9.17) is 14.2 Å². The van der Waals surface area contributed by atoms with Crippen LogP contribution in [-0.2, 0) is 23.8 Å². The zero-order chi connectivity index (χ0) is 37.7. The Hall–Kier alpha value is -1.70. The van der Waals surface area contributed by atoms with Gasteiger partial charge in [0.05, 0.1) is 36.9 Å². The molecular weight excluding hydrogens is 650 g/mol. The minimum atomic E-state index is -1.17. The molecule has 0 aliphatic carbocycles. The van der Waals surface area contributed by atoms with Crippen LogP contribution in [0.15, 0.2) is 23.8 Å². The molecule has 11 heteroatoms. The monoisotopic (exact) mass is 722 g/mol. The lowest BCUT2D eigenvalue weighted by Gasteiger charge is -2.47. The number of allylic oxidation sites excluding steroid dienone is 3. The van der Waals surface area contributed by atoms with E-state index in [-0.39, 0.29) is 30.0 Å². The van der Waals surface area contributed by atoms with E-state index in [1.54, 1.807) is 32.0 Å². The summed E-state index contributed by atoms with van der Waals surface area (Å²) in [5, 5.41) is 37.6. The summed E-state index contributed by atoms with van der Waals surface area (Å²) in [6.07, 6.45) is 6.82. The molecule has 3 heterocycles. The van der Waals surface area contributed by atoms with E-state index in [1.165, 1.54) is 6.42 Å². The van der Waals surface area contributed by atoms with Crippen molar-refractivity contribution in [2.75, 3.05) is 46.8 Å². The van der Waals surface area contributed by atoms with Crippen LogP contribution in [0.25, 0.3) is 0 Å². The highest BCUT2D eigenvalue weighted by molar-refractivity contribution is 5.91. The number of ether oxygens (including phenoxy) is 3. The topological polar surface area (TPSA) is 141 Å². The first-order chi connectivity index (χ1) is 24.3. The largest absolute Gasteiger partial charge is 0.462 e. The minimum Gasteiger partial charge on any atom is -0.462 e. The second-order valence-electron chi connectivity index (χ2n) is 15.8. The van der Waals surface area contributed by atoms with Gasteiger partial charge in [-0.05, 0) is 105 Å². The van der Waals surface area contributed by atoms with Gasteiger partial charge in [-0.2, -0.15) is 0 Å². The fraction of sp³-hybridized carbons (Fsp3) is 0.850. The standard InChI is InChI=1S/C40H71N3O8/c1-9-11-18-41-25-31-22-26(3)15-16-32(44)27(4)23-30(17-21-43-19-13-12-14-20-43)39(28(5)33(45)24-35(46)50-34(31)10-2)51-40-38(48)36(42(7)8)37(47)29(6)49-40/h15-16,22,27-31,33-34,36-41,45,47-48H,9-14,17-21,23-25H2,1-8H3/b16-15+,26-22+/t27-,28+,29-,30+,31-,33-,34-,36+,37-,38-,39-,40+/m1/s1. The van der Waals surface area contributed by atoms with Crippen molar-refractivity contribution < 1.29 is 39.1 Å². The maximum absolute atomic E-state index is 13.7. The molecule has 4 N–H and O–H groups in total. The van der Waals surface area contributed by atoms with E-state index in [9.17, 15) is 24.9 Å². The number of cyclic esters (lactones) is 1. The van der Waals surface area contributed by atoms with Crippen LogP contribution in [0.3, 0.4) is 0 Å². The molecule has 0 radical (unpaired) electrons. The molecule has 0 bridgehead atoms. The van der Waals surface area contributed by atoms with Gasteiger partial charge in [0.2, 0.25) is 0 Å². The van der Waals surface area contributed by atoms with E-state index >= 15 is 0 Å². The van der Waals surface area contributed by atoms with E-state index in [0.29, 0.717) is 25.8 Å². The van der Waals surface area contributed by atoms with Gasteiger partial charge >= 0.3 is 5.97 Å². The van der Waals surface area contributed by atoms with Crippen LogP contribution in [0.2, 0.25) is 0 Å². The summed E-state index contributed by atoms with van der Waals surface area (Å²) in [7, 11) is 3.59. The molecule has 0 aromatic heterocycles. The smallest absolute Gasteiger partial charge is 0.308 e. The van der Waals surface area contributed by atoms with Gasteiger partial charge in [0.15, 0.2) is 12.1 Å². The van der Waals surface area contributed by atoms with Gasteiger partial charge in [-0.3, -0.25) is 9.59 Å². The lowest BCUT2D eigenvalue weighted by molar-refractivity contribution is -0.304. The number of hydrogen-bond donors (Lipinski definition) is 4. The maximum Gasteiger partial charge on any atom is 0.308 e. The van der Waals surface area contributed by atoms with Gasteiger partial charge in [-0.25, -0.2) is 0 Å². The molecular formula is C40H71N3O8. The molecule has 294 valence electrons. The molecule has 3 rings (SSSR count). The number of nitrogens with zero attached hydrogens (tertiary/aromatic N) is 2. The number of hydrogen-bond acceptors (Lipinski definition) is 11. The second-order valence-corrected chi connectivity index (χ2v) is 15.8. The van der Waals surface area contributed by atoms with Crippen LogP contribution in [0.4, 0.5) is 0 Å². The Balaban J connectivity index is 2.01. The molecule has 0 aromatic rings. The molecule has 0 unspecified atom stereocenters. The van der Waals surface area contributed by atoms with Gasteiger partial charge in [-0.1, -0.05) is 58.3 Å². The van der Waals surface area contributed by atoms with Crippen LogP contribution in [0, 0.1) is 23.7 Å². The Morgan fingerprint density at radius 2 is 1.73 bits per heavy atom. The first-order valence-electron chi connectivity index (χ1n) is 19.8. The van der Waals surface area contributed by atoms with Crippen molar-refractivity contribution in [3.05, 3.63) is 23.8 Å². The fourth-order valence-corrected chi connectivity index (χ4v) is 7.98. The molecule has 0 aromatic carbocycles. The van der Waals surface area contributed by atoms with E-state index in [0.717, 1.165) is 57.4 Å². The Morgan fingerprint density at radius 1 is 1.02 bits per heavy atom. The molecule has 2 fully saturated rings. The van der Waals surface area contributed by atoms with E-state index in [1.807, 2.05) is 33.8 Å². The number of likely N-dealkylation sites (N-methyl/N-ethyl adjacent to an activating group) is 1. The van der Waals surface area contributed by atoms with Gasteiger partial charge in [-0.15, -0.1) is 0 Å². The quantitative estimate of drug-likeness (QED) is 0.171. The van der Waals surface area contributed by atoms with Gasteiger partial charge < -0.3 is 44.6 Å². The zero-order valence-corrected chi connectivity index (χ0v) is 32.8. The van der Waals surface area contributed by atoms with Crippen LogP contribution < -0.4 is 5.32 Å². The zero-order valence-electron chi connectivity index (χ0n) is 32.8. The van der Waals surface area contributed by atoms with E-state index in [2.05, 4.69) is 23.2 Å². The molecule has 2 saturated heterocycles. The first kappa shape index (κ1) is 43.7. The summed E-state index contributed by atoms with van der Waals surface area (Å²) >= 11 is 0. The molecule has 0 amide bonds. The first-order valence-corrected chi connectivity index (χ1v) is 19.8. The molecule has 51 heavy (non-hydrogen) atoms. The Kier molecular flexibility index (Phi) is 18.7. The predicted molar refractivity (Wildman–Crippen MR) is 200 cm³/mol. The predicted octanol–water partition coefficient (Wildman–Crippen LogP) is 4.09. The Labute approximate surface area is 308 Å². The van der Waals surface area contributed by atoms with Crippen molar-refractivity contribution in [3.63, 3.8) is 0 Å². The summed E-state index contributed by atoms with van der Waals surface area (Å²) < 4.78 is 18.9. The lowest BCUT2D eigenvalue weighted by Crippen LogP contribution is -2.63. The van der Waals surface area contributed by atoms with Gasteiger partial charge in [0.1, 0.15) is 12.2 Å². The number of aliphatic hydroxyl groups excluding tert-OH is 3. The van der Waals surface area contributed by atoms with Crippen LogP contribution in [0.1, 0.15) is 99.3 Å². The molecule has 12 atom stereocenters. The highest BCUT2D eigenvalue weighted by Crippen LogP contribution is 2.35. The Morgan fingerprint density at radius 3 is 2.37 bits per heavy atom. The number of aliphatic hydroxyl groups is 3. The molecule has 3 aliphatic heterocycles. The van der Waals surface area contributed by atoms with Crippen LogP contribution >= 0.6 is 0 Å². The van der Waals surface area contributed by atoms with Crippen molar-refractivity contribution in [2.45, 2.75) is 148 Å². The highest BCUT2D eigenvalue weighted by atomic mass is 16.7. The number of carbonyl (C=O) groups excluding carboxylic acids is 2. The third-order valence-electron chi connectivity index (χ3n) is 11.3. The number of piperidine rings is 1. The third kappa shape index (κ3) is 13.3. The average molecular weight is 722 g/mol. The fourth-order valence-electron chi connectivity index (χ4n) is 7.98. The normalized spacial score (nSPS) is 38.6. The van der Waals surface area contributed by atoms with Crippen molar-refractivity contribution >= 4 is 11.8 Å². The minimum absolute atomic E-state index is 0.0132. The number of unbranched alkanes of at least 4 members (excludes halogenated alkanes) is 1. The number of nitrogens with one attached hydrogen (secondary N) is 1. The Bertz CT molecular complexity index is 1110. The summed E-state index contributed by atoms with van der Waals surface area (Å²) in [5.41, 5.74) is 0.922. The maximum atomic E-state index is 13.7. The van der Waals surface area contributed by atoms with Gasteiger partial charge in [0.25, 0.3) is 0 Å². The number of likely N-dealkylation sites (tertiary alicyclic amines) is 1. The molecule has 11 nitrogen and oxygen atoms in total. The van der Waals surface area contributed by atoms with Crippen molar-refractivity contribution in [1.29, 1.82) is 0 Å². The summed E-state index contributed by atoms with van der Waals surface area (Å²) in [5.74, 6) is -1.69. The third-order valence-corrected chi connectivity index (χ3v) is 11.3. The summed E-state index contributed by atoms with van der Waals surface area (Å²) in [6, 6.07) is -0.635. The average Bonchev–Trinajstić information content (AvgIpc) is 3.09. The number of esters is 1. The summed E-state index contributed by atoms with van der Waals surface area (Å²) in [6.45, 7) is 16.0. The SMILES string of the molecule is CCCCNC[C@H]1/C=C(C)/C=C/C(=O)[C@H](C)C[C@H](CCN2CCCCC2)[C@H](O[C@@H]2O[C@H](C)[C@@H](O)[C@H](N(C)C)[C@H]2O)[C@@H](C)[C@H](O)CC(=O)O[C@@H]1CC. The van der Waals surface area contributed by atoms with Crippen LogP contribution in [-0.4, -0.2) is 133 Å². The van der Waals surface area contributed by atoms with Crippen molar-refractivity contribution in [3.8, 4) is 0 Å². The molecule has 0 saturated carbocycles. The van der Waals surface area contributed by atoms with Crippen molar-refractivity contribution in [1.82, 2.24) is 15.1 Å². The number of carbonyl (C=O) groups is 2. The number of rotatable bonds is 12. The number of ketones is 1. The van der Waals surface area contributed by atoms with Crippen molar-refractivity contribution in [2.24, 2.45) is 23.7 Å². The summed E-state index contributed by atoms with van der Waals surface area (Å²) in [4.78, 5) is 31.4. The lowest BCUT2D eigenvalue weighted by atomic mass is 9.79. The highest BCUT2D eigenvalue weighted by Gasteiger charge is 2.47. The van der Waals surface area contributed by atoms with Gasteiger partial charge in [0, 0.05) is 24.3 Å². The van der Waals surface area contributed by atoms with E-state index < -0.39 is 60.8 Å². The van der Waals surface area contributed by atoms with Crippen LogP contribution in [0.5, 0.6) is 0 Å².